The molecule has 1 aromatic heterocycles. The second-order valence-electron chi connectivity index (χ2n) is 13.7. The summed E-state index contributed by atoms with van der Waals surface area (Å²) in [4.78, 5) is 17.6. The lowest BCUT2D eigenvalue weighted by molar-refractivity contribution is -0.145. The number of hydrogen-bond donors (Lipinski definition) is 2. The van der Waals surface area contributed by atoms with Gasteiger partial charge in [0.2, 0.25) is 0 Å². The quantitative estimate of drug-likeness (QED) is 0.280. The normalized spacial score (nSPS) is 23.2. The molecular weight excluding hydrogens is 548 g/mol. The lowest BCUT2D eigenvalue weighted by atomic mass is 9.83. The number of aryl methyl sites for hydroxylation is 2. The maximum Gasteiger partial charge on any atom is 0.321 e. The lowest BCUT2D eigenvalue weighted by Crippen LogP contribution is -2.46. The average molecular weight is 599 g/mol. The van der Waals surface area contributed by atoms with Crippen molar-refractivity contribution in [2.75, 3.05) is 32.7 Å². The number of aromatic nitrogens is 2. The van der Waals surface area contributed by atoms with E-state index in [0.717, 1.165) is 95.5 Å². The number of phenols is 1. The Labute approximate surface area is 262 Å². The van der Waals surface area contributed by atoms with E-state index in [9.17, 15) is 15.0 Å². The van der Waals surface area contributed by atoms with Crippen molar-refractivity contribution in [2.45, 2.75) is 89.6 Å². The molecule has 2 N–H and O–H groups in total. The number of aliphatic carboxylic acids is 1. The van der Waals surface area contributed by atoms with Gasteiger partial charge >= 0.3 is 5.97 Å². The molecule has 0 bridgehead atoms. The van der Waals surface area contributed by atoms with Crippen LogP contribution in [0.25, 0.3) is 0 Å². The molecule has 3 heterocycles. The topological polar surface area (TPSA) is 81.8 Å². The van der Waals surface area contributed by atoms with Crippen molar-refractivity contribution in [3.8, 4) is 5.75 Å². The van der Waals surface area contributed by atoms with Crippen LogP contribution >= 0.6 is 0 Å². The fourth-order valence-electron chi connectivity index (χ4n) is 8.42. The van der Waals surface area contributed by atoms with E-state index in [4.69, 9.17) is 5.10 Å². The van der Waals surface area contributed by atoms with Crippen molar-refractivity contribution in [3.63, 3.8) is 0 Å². The second kappa shape index (κ2) is 13.9. The molecule has 2 saturated heterocycles. The number of carboxylic acids is 1. The third-order valence-corrected chi connectivity index (χ3v) is 10.7. The molecule has 0 amide bonds. The third-order valence-electron chi connectivity index (χ3n) is 10.7. The summed E-state index contributed by atoms with van der Waals surface area (Å²) in [6.45, 7) is 10.1. The molecule has 2 aliphatic heterocycles. The van der Waals surface area contributed by atoms with Gasteiger partial charge in [-0.05, 0) is 93.8 Å². The summed E-state index contributed by atoms with van der Waals surface area (Å²) in [7, 11) is 0. The monoisotopic (exact) mass is 598 g/mol. The van der Waals surface area contributed by atoms with Crippen LogP contribution in [0.3, 0.4) is 0 Å². The summed E-state index contributed by atoms with van der Waals surface area (Å²) in [5.74, 6) is 1.23. The summed E-state index contributed by atoms with van der Waals surface area (Å²) in [5, 5.41) is 25.0. The van der Waals surface area contributed by atoms with Gasteiger partial charge in [0.15, 0.2) is 0 Å². The molecule has 1 saturated carbocycles. The maximum atomic E-state index is 12.7. The molecule has 44 heavy (non-hydrogen) atoms. The second-order valence-corrected chi connectivity index (χ2v) is 13.7. The largest absolute Gasteiger partial charge is 0.508 e. The number of phenolic OH excluding ortho intramolecular Hbond substituents is 1. The van der Waals surface area contributed by atoms with E-state index < -0.39 is 5.97 Å². The third kappa shape index (κ3) is 7.05. The zero-order chi connectivity index (χ0) is 30.6. The van der Waals surface area contributed by atoms with E-state index in [1.165, 1.54) is 23.2 Å². The highest BCUT2D eigenvalue weighted by molar-refractivity contribution is 5.74. The van der Waals surface area contributed by atoms with Gasteiger partial charge in [-0.3, -0.25) is 14.4 Å². The van der Waals surface area contributed by atoms with Crippen LogP contribution < -0.4 is 0 Å². The van der Waals surface area contributed by atoms with E-state index >= 15 is 0 Å². The smallest absolute Gasteiger partial charge is 0.321 e. The average Bonchev–Trinajstić information content (AvgIpc) is 3.63. The first kappa shape index (κ1) is 30.8. The number of nitrogens with zero attached hydrogens (tertiary/aromatic N) is 4. The Morgan fingerprint density at radius 3 is 2.41 bits per heavy atom. The van der Waals surface area contributed by atoms with Gasteiger partial charge in [0.05, 0.1) is 5.69 Å². The standard InChI is InChI=1S/C37H50N4O3/c1-3-41-35(22-32(38-41)21-27-12-14-33(42)15-13-27)28-16-18-39(19-17-28)23-31-24-40(25-34(31)30-11-7-8-26(2)20-30)36(37(43)44)29-9-5-4-6-10-29/h7-8,11-15,20,22,28-29,31,34,36,42H,3-6,9-10,16-19,21,23-25H2,1-2H3,(H,43,44). The molecule has 236 valence electrons. The fourth-order valence-corrected chi connectivity index (χ4v) is 8.42. The lowest BCUT2D eigenvalue weighted by Gasteiger charge is -2.35. The van der Waals surface area contributed by atoms with Crippen LogP contribution in [0.1, 0.15) is 91.8 Å². The molecule has 7 heteroatoms. The molecule has 0 radical (unpaired) electrons. The summed E-state index contributed by atoms with van der Waals surface area (Å²) in [5.41, 5.74) is 6.25. The van der Waals surface area contributed by atoms with Gasteiger partial charge in [0.1, 0.15) is 11.8 Å². The Kier molecular flexibility index (Phi) is 9.72. The zero-order valence-corrected chi connectivity index (χ0v) is 26.6. The number of likely N-dealkylation sites (tertiary alicyclic amines) is 2. The van der Waals surface area contributed by atoms with Gasteiger partial charge in [-0.1, -0.05) is 61.2 Å². The molecule has 2 aromatic carbocycles. The summed E-state index contributed by atoms with van der Waals surface area (Å²) >= 11 is 0. The van der Waals surface area contributed by atoms with Crippen molar-refractivity contribution < 1.29 is 15.0 Å². The molecule has 0 spiro atoms. The fraction of sp³-hybridized carbons (Fsp3) is 0.568. The molecule has 3 aromatic rings. The van der Waals surface area contributed by atoms with Gasteiger partial charge < -0.3 is 15.1 Å². The number of hydrogen-bond acceptors (Lipinski definition) is 5. The van der Waals surface area contributed by atoms with Crippen LogP contribution in [-0.2, 0) is 17.8 Å². The van der Waals surface area contributed by atoms with E-state index in [2.05, 4.69) is 58.7 Å². The SMILES string of the molecule is CCn1nc(Cc2ccc(O)cc2)cc1C1CCN(CC2CN(C(C(=O)O)C3CCCCC3)CC2c2cccc(C)c2)CC1. The molecule has 3 unspecified atom stereocenters. The zero-order valence-electron chi connectivity index (χ0n) is 26.6. The highest BCUT2D eigenvalue weighted by Gasteiger charge is 2.43. The number of aromatic hydroxyl groups is 1. The Hall–Kier alpha value is -3.16. The van der Waals surface area contributed by atoms with Crippen molar-refractivity contribution in [1.29, 1.82) is 0 Å². The minimum absolute atomic E-state index is 0.274. The van der Waals surface area contributed by atoms with E-state index in [0.29, 0.717) is 23.5 Å². The Bertz CT molecular complexity index is 1390. The molecule has 3 atom stereocenters. The Morgan fingerprint density at radius 2 is 1.73 bits per heavy atom. The van der Waals surface area contributed by atoms with Crippen LogP contribution in [0.15, 0.2) is 54.6 Å². The van der Waals surface area contributed by atoms with Crippen molar-refractivity contribution in [3.05, 3.63) is 82.7 Å². The summed E-state index contributed by atoms with van der Waals surface area (Å²) in [6, 6.07) is 18.3. The molecule has 7 nitrogen and oxygen atoms in total. The van der Waals surface area contributed by atoms with Gasteiger partial charge in [-0.25, -0.2) is 0 Å². The maximum absolute atomic E-state index is 12.7. The molecule has 3 aliphatic rings. The van der Waals surface area contributed by atoms with Crippen molar-refractivity contribution in [2.24, 2.45) is 11.8 Å². The first-order valence-electron chi connectivity index (χ1n) is 17.0. The highest BCUT2D eigenvalue weighted by Crippen LogP contribution is 2.39. The Morgan fingerprint density at radius 1 is 0.977 bits per heavy atom. The number of benzene rings is 2. The van der Waals surface area contributed by atoms with Crippen LogP contribution in [0.5, 0.6) is 5.75 Å². The van der Waals surface area contributed by atoms with Crippen LogP contribution in [0.4, 0.5) is 0 Å². The first-order valence-corrected chi connectivity index (χ1v) is 17.0. The highest BCUT2D eigenvalue weighted by atomic mass is 16.4. The summed E-state index contributed by atoms with van der Waals surface area (Å²) in [6.07, 6.45) is 8.68. The van der Waals surface area contributed by atoms with Crippen LogP contribution in [0.2, 0.25) is 0 Å². The van der Waals surface area contributed by atoms with E-state index in [1.807, 2.05) is 12.1 Å². The van der Waals surface area contributed by atoms with Crippen molar-refractivity contribution in [1.82, 2.24) is 19.6 Å². The van der Waals surface area contributed by atoms with Gasteiger partial charge in [0.25, 0.3) is 0 Å². The predicted molar refractivity (Wildman–Crippen MR) is 174 cm³/mol. The van der Waals surface area contributed by atoms with Crippen LogP contribution in [-0.4, -0.2) is 74.5 Å². The summed E-state index contributed by atoms with van der Waals surface area (Å²) < 4.78 is 2.19. The van der Waals surface area contributed by atoms with E-state index in [-0.39, 0.29) is 12.0 Å². The first-order chi connectivity index (χ1) is 21.4. The van der Waals surface area contributed by atoms with Gasteiger partial charge in [-0.2, -0.15) is 5.10 Å². The molecule has 3 fully saturated rings. The van der Waals surface area contributed by atoms with Crippen LogP contribution in [0, 0.1) is 18.8 Å². The number of carboxylic acid groups (broad SMARTS) is 1. The number of piperidine rings is 1. The van der Waals surface area contributed by atoms with Gasteiger partial charge in [0, 0.05) is 50.1 Å². The Balaban J connectivity index is 1.13. The minimum Gasteiger partial charge on any atom is -0.508 e. The predicted octanol–water partition coefficient (Wildman–Crippen LogP) is 6.44. The molecule has 1 aliphatic carbocycles. The van der Waals surface area contributed by atoms with Crippen molar-refractivity contribution >= 4 is 5.97 Å². The molecular formula is C37H50N4O3. The van der Waals surface area contributed by atoms with E-state index in [1.54, 1.807) is 12.1 Å². The van der Waals surface area contributed by atoms with Gasteiger partial charge in [-0.15, -0.1) is 0 Å². The molecule has 6 rings (SSSR count). The number of rotatable bonds is 10. The minimum atomic E-state index is -0.626. The number of carbonyl (C=O) groups is 1.